The van der Waals surface area contributed by atoms with Gasteiger partial charge in [-0.05, 0) is 12.8 Å². The third-order valence-corrected chi connectivity index (χ3v) is 1.96. The van der Waals surface area contributed by atoms with Gasteiger partial charge in [0.2, 0.25) is 0 Å². The molecule has 1 radical (unpaired) electrons. The van der Waals surface area contributed by atoms with Gasteiger partial charge in [-0.1, -0.05) is 13.8 Å². The summed E-state index contributed by atoms with van der Waals surface area (Å²) in [6.45, 7) is 5.15. The Labute approximate surface area is 120 Å². The van der Waals surface area contributed by atoms with E-state index in [2.05, 4.69) is 32.1 Å². The molecule has 0 bridgehead atoms. The van der Waals surface area contributed by atoms with Gasteiger partial charge in [-0.25, -0.2) is 6.08 Å². The third-order valence-electron chi connectivity index (χ3n) is 1.96. The molecule has 0 fully saturated rings. The van der Waals surface area contributed by atoms with Crippen molar-refractivity contribution in [2.75, 3.05) is 6.61 Å². The van der Waals surface area contributed by atoms with E-state index in [-0.39, 0.29) is 52.6 Å². The molecule has 85 valence electrons. The zero-order chi connectivity index (χ0) is 8.81. The van der Waals surface area contributed by atoms with Crippen LogP contribution in [0.3, 0.4) is 0 Å². The molecule has 0 amide bonds. The summed E-state index contributed by atoms with van der Waals surface area (Å²) in [5, 5.41) is 0. The first-order chi connectivity index (χ1) is 5.88. The van der Waals surface area contributed by atoms with E-state index < -0.39 is 0 Å². The summed E-state index contributed by atoms with van der Waals surface area (Å²) in [6, 6.07) is 0. The SMILES string of the molecule is CCCOC(CC)C1=[C-]CC=C1.[Cl-].[Cl-].[Ti+3]. The predicted octanol–water partition coefficient (Wildman–Crippen LogP) is -3.11. The summed E-state index contributed by atoms with van der Waals surface area (Å²) in [6.07, 6.45) is 10.9. The Morgan fingerprint density at radius 2 is 2.07 bits per heavy atom. The van der Waals surface area contributed by atoms with Crippen LogP contribution in [0.1, 0.15) is 33.1 Å². The molecular formula is C11H17Cl2OTi. The molecule has 15 heavy (non-hydrogen) atoms. The van der Waals surface area contributed by atoms with Crippen LogP contribution in [-0.4, -0.2) is 12.7 Å². The fourth-order valence-corrected chi connectivity index (χ4v) is 1.33. The maximum absolute atomic E-state index is 5.67. The Bertz CT molecular complexity index is 193. The van der Waals surface area contributed by atoms with Crippen LogP contribution in [0.2, 0.25) is 0 Å². The molecule has 1 aliphatic carbocycles. The summed E-state index contributed by atoms with van der Waals surface area (Å²) < 4.78 is 5.67. The zero-order valence-electron chi connectivity index (χ0n) is 9.22. The van der Waals surface area contributed by atoms with Crippen LogP contribution in [0, 0.1) is 6.08 Å². The van der Waals surface area contributed by atoms with Crippen molar-refractivity contribution in [3.8, 4) is 0 Å². The predicted molar refractivity (Wildman–Crippen MR) is 50.8 cm³/mol. The van der Waals surface area contributed by atoms with Crippen LogP contribution in [-0.2, 0) is 26.5 Å². The molecule has 0 spiro atoms. The van der Waals surface area contributed by atoms with Crippen molar-refractivity contribution in [2.45, 2.75) is 39.2 Å². The second-order valence-electron chi connectivity index (χ2n) is 3.01. The molecular weight excluding hydrogens is 267 g/mol. The van der Waals surface area contributed by atoms with Crippen LogP contribution in [0.4, 0.5) is 0 Å². The normalized spacial score (nSPS) is 14.4. The second kappa shape index (κ2) is 12.8. The molecule has 0 aromatic carbocycles. The number of halogens is 2. The van der Waals surface area contributed by atoms with E-state index >= 15 is 0 Å². The van der Waals surface area contributed by atoms with Crippen molar-refractivity contribution in [1.82, 2.24) is 0 Å². The molecule has 0 saturated carbocycles. The Morgan fingerprint density at radius 1 is 1.40 bits per heavy atom. The van der Waals surface area contributed by atoms with Gasteiger partial charge in [0.15, 0.2) is 0 Å². The van der Waals surface area contributed by atoms with E-state index in [1.54, 1.807) is 0 Å². The molecule has 0 aliphatic heterocycles. The fraction of sp³-hybridized carbons (Fsp3) is 0.636. The number of hydrogen-bond acceptors (Lipinski definition) is 1. The number of allylic oxidation sites excluding steroid dienone is 2. The number of hydrogen-bond donors (Lipinski definition) is 0. The molecule has 0 N–H and O–H groups in total. The minimum absolute atomic E-state index is 0. The minimum atomic E-state index is 0. The molecule has 0 heterocycles. The van der Waals surface area contributed by atoms with Crippen LogP contribution in [0.15, 0.2) is 17.7 Å². The summed E-state index contributed by atoms with van der Waals surface area (Å²) >= 11 is 0. The van der Waals surface area contributed by atoms with Crippen molar-refractivity contribution >= 4 is 0 Å². The zero-order valence-corrected chi connectivity index (χ0v) is 12.3. The van der Waals surface area contributed by atoms with Crippen molar-refractivity contribution in [3.63, 3.8) is 0 Å². The third kappa shape index (κ3) is 7.60. The van der Waals surface area contributed by atoms with Gasteiger partial charge in [-0.15, -0.1) is 6.42 Å². The average Bonchev–Trinajstić information content (AvgIpc) is 2.59. The minimum Gasteiger partial charge on any atom is -1.00 e. The van der Waals surface area contributed by atoms with E-state index in [0.29, 0.717) is 0 Å². The first-order valence-electron chi connectivity index (χ1n) is 4.77. The van der Waals surface area contributed by atoms with Crippen molar-refractivity contribution in [1.29, 1.82) is 0 Å². The molecule has 1 nitrogen and oxygen atoms in total. The summed E-state index contributed by atoms with van der Waals surface area (Å²) in [5.41, 5.74) is 1.24. The maximum atomic E-state index is 5.67. The Kier molecular flexibility index (Phi) is 18.0. The number of rotatable bonds is 5. The molecule has 0 aromatic rings. The van der Waals surface area contributed by atoms with Gasteiger partial charge in [0.25, 0.3) is 0 Å². The van der Waals surface area contributed by atoms with Crippen molar-refractivity contribution in [2.24, 2.45) is 0 Å². The Hall–Kier alpha value is 0.734. The van der Waals surface area contributed by atoms with E-state index in [1.807, 2.05) is 0 Å². The van der Waals surface area contributed by atoms with Gasteiger partial charge >= 0.3 is 21.7 Å². The fourth-order valence-electron chi connectivity index (χ4n) is 1.33. The van der Waals surface area contributed by atoms with Gasteiger partial charge < -0.3 is 29.6 Å². The van der Waals surface area contributed by atoms with Gasteiger partial charge in [0.1, 0.15) is 0 Å². The largest absolute Gasteiger partial charge is 3.00 e. The van der Waals surface area contributed by atoms with Crippen LogP contribution in [0.5, 0.6) is 0 Å². The van der Waals surface area contributed by atoms with Gasteiger partial charge in [0.05, 0.1) is 0 Å². The second-order valence-corrected chi connectivity index (χ2v) is 3.01. The van der Waals surface area contributed by atoms with E-state index in [0.717, 1.165) is 25.9 Å². The quantitative estimate of drug-likeness (QED) is 0.383. The summed E-state index contributed by atoms with van der Waals surface area (Å²) in [5.74, 6) is 0. The van der Waals surface area contributed by atoms with Crippen LogP contribution < -0.4 is 24.8 Å². The van der Waals surface area contributed by atoms with E-state index in [1.165, 1.54) is 5.57 Å². The molecule has 0 saturated heterocycles. The van der Waals surface area contributed by atoms with Crippen molar-refractivity contribution in [3.05, 3.63) is 23.8 Å². The molecule has 1 atom stereocenters. The van der Waals surface area contributed by atoms with E-state index in [9.17, 15) is 0 Å². The number of ether oxygens (including phenoxy) is 1. The van der Waals surface area contributed by atoms with Gasteiger partial charge in [-0.3, -0.25) is 6.08 Å². The summed E-state index contributed by atoms with van der Waals surface area (Å²) in [4.78, 5) is 0. The van der Waals surface area contributed by atoms with Crippen LogP contribution in [0.25, 0.3) is 0 Å². The molecule has 4 heteroatoms. The maximum Gasteiger partial charge on any atom is 3.00 e. The average molecular weight is 284 g/mol. The molecule has 1 aliphatic rings. The topological polar surface area (TPSA) is 9.23 Å². The molecule has 1 rings (SSSR count). The first kappa shape index (κ1) is 21.1. The standard InChI is InChI=1S/C11H17O.2ClH.Ti/c1-3-9-12-11(4-2)10-7-5-6-8-10;;;/h5,7,11H,3-4,6,9H2,1-2H3;2*1H;/q-1;;;+3/p-2. The van der Waals surface area contributed by atoms with Crippen LogP contribution >= 0.6 is 0 Å². The Balaban J connectivity index is -0.000000480. The first-order valence-corrected chi connectivity index (χ1v) is 4.77. The van der Waals surface area contributed by atoms with E-state index in [4.69, 9.17) is 4.74 Å². The Morgan fingerprint density at radius 3 is 2.47 bits per heavy atom. The summed E-state index contributed by atoms with van der Waals surface area (Å²) in [7, 11) is 0. The van der Waals surface area contributed by atoms with Gasteiger partial charge in [0, 0.05) is 12.7 Å². The van der Waals surface area contributed by atoms with Crippen molar-refractivity contribution < 1.29 is 51.3 Å². The monoisotopic (exact) mass is 283 g/mol. The molecule has 0 aromatic heterocycles. The molecule has 1 unspecified atom stereocenters. The smallest absolute Gasteiger partial charge is 1.00 e. The van der Waals surface area contributed by atoms with Gasteiger partial charge in [-0.2, -0.15) is 11.6 Å².